The fourth-order valence-electron chi connectivity index (χ4n) is 4.80. The number of hydrogen-bond acceptors (Lipinski definition) is 6. The number of rotatable bonds is 5. The molecule has 0 saturated carbocycles. The second-order valence-electron chi connectivity index (χ2n) is 8.66. The number of nitrogens with zero attached hydrogens (tertiary/aromatic N) is 2. The minimum Gasteiger partial charge on any atom is -0.462 e. The summed E-state index contributed by atoms with van der Waals surface area (Å²) in [6, 6.07) is 14.5. The average molecular weight is 451 g/mol. The summed E-state index contributed by atoms with van der Waals surface area (Å²) < 4.78 is 24.8. The van der Waals surface area contributed by atoms with Gasteiger partial charge in [-0.15, -0.1) is 0 Å². The topological polar surface area (TPSA) is 71.9 Å². The quantitative estimate of drug-likeness (QED) is 0.595. The standard InChI is InChI=1S/C26H27FN2O4/c27-18-7-5-17(6-8-18)25-21-3-1-2-4-23(21)28-26(29-11-13-32-14-12-29)22(25)10-9-20-15-19(30)16-24(31)33-20/h1-8,19-20,30H,9-16H2. The number of aliphatic hydroxyl groups excluding tert-OH is 1. The Labute approximate surface area is 192 Å². The van der Waals surface area contributed by atoms with Crippen LogP contribution in [0.3, 0.4) is 0 Å². The molecule has 2 atom stereocenters. The third-order valence-corrected chi connectivity index (χ3v) is 6.37. The number of cyclic esters (lactones) is 1. The number of pyridine rings is 1. The Balaban J connectivity index is 1.62. The minimum atomic E-state index is -0.665. The summed E-state index contributed by atoms with van der Waals surface area (Å²) in [6.07, 6.45) is 0.669. The number of carbonyl (C=O) groups is 1. The molecule has 6 nitrogen and oxygen atoms in total. The van der Waals surface area contributed by atoms with Gasteiger partial charge in [-0.05, 0) is 42.2 Å². The van der Waals surface area contributed by atoms with Crippen molar-refractivity contribution in [3.05, 3.63) is 59.9 Å². The van der Waals surface area contributed by atoms with Crippen molar-refractivity contribution in [1.82, 2.24) is 4.98 Å². The third-order valence-electron chi connectivity index (χ3n) is 6.37. The zero-order valence-electron chi connectivity index (χ0n) is 18.4. The maximum atomic E-state index is 13.7. The van der Waals surface area contributed by atoms with Crippen molar-refractivity contribution >= 4 is 22.7 Å². The number of benzene rings is 2. The minimum absolute atomic E-state index is 0.0495. The van der Waals surface area contributed by atoms with Crippen LogP contribution in [0.4, 0.5) is 10.2 Å². The Bertz CT molecular complexity index is 1140. The molecule has 33 heavy (non-hydrogen) atoms. The van der Waals surface area contributed by atoms with Gasteiger partial charge in [0.25, 0.3) is 0 Å². The van der Waals surface area contributed by atoms with Crippen LogP contribution >= 0.6 is 0 Å². The fraction of sp³-hybridized carbons (Fsp3) is 0.385. The maximum Gasteiger partial charge on any atom is 0.308 e. The molecule has 2 aromatic carbocycles. The molecule has 3 heterocycles. The van der Waals surface area contributed by atoms with Crippen molar-refractivity contribution in [3.63, 3.8) is 0 Å². The predicted molar refractivity (Wildman–Crippen MR) is 124 cm³/mol. The van der Waals surface area contributed by atoms with E-state index in [1.807, 2.05) is 24.3 Å². The lowest BCUT2D eigenvalue weighted by molar-refractivity contribution is -0.160. The molecule has 5 rings (SSSR count). The van der Waals surface area contributed by atoms with Gasteiger partial charge in [0.15, 0.2) is 0 Å². The predicted octanol–water partition coefficient (Wildman–Crippen LogP) is 3.88. The van der Waals surface area contributed by atoms with E-state index in [4.69, 9.17) is 14.5 Å². The van der Waals surface area contributed by atoms with Crippen molar-refractivity contribution in [2.75, 3.05) is 31.2 Å². The number of hydrogen-bond donors (Lipinski definition) is 1. The van der Waals surface area contributed by atoms with Crippen LogP contribution in [-0.2, 0) is 20.7 Å². The smallest absolute Gasteiger partial charge is 0.308 e. The lowest BCUT2D eigenvalue weighted by atomic mass is 9.91. The summed E-state index contributed by atoms with van der Waals surface area (Å²) in [6.45, 7) is 2.73. The van der Waals surface area contributed by atoms with Gasteiger partial charge in [-0.1, -0.05) is 30.3 Å². The summed E-state index contributed by atoms with van der Waals surface area (Å²) >= 11 is 0. The second-order valence-corrected chi connectivity index (χ2v) is 8.66. The molecule has 2 saturated heterocycles. The number of morpholine rings is 1. The number of para-hydroxylation sites is 1. The average Bonchev–Trinajstić information content (AvgIpc) is 2.82. The molecule has 2 fully saturated rings. The highest BCUT2D eigenvalue weighted by molar-refractivity contribution is 5.98. The molecule has 0 amide bonds. The molecule has 1 N–H and O–H groups in total. The van der Waals surface area contributed by atoms with E-state index in [0.29, 0.717) is 32.5 Å². The Kier molecular flexibility index (Phi) is 6.24. The van der Waals surface area contributed by atoms with Gasteiger partial charge < -0.3 is 19.5 Å². The molecule has 2 unspecified atom stereocenters. The van der Waals surface area contributed by atoms with Gasteiger partial charge in [0.2, 0.25) is 0 Å². The van der Waals surface area contributed by atoms with Gasteiger partial charge in [0, 0.05) is 30.5 Å². The molecule has 0 spiro atoms. The van der Waals surface area contributed by atoms with Crippen molar-refractivity contribution in [2.24, 2.45) is 0 Å². The first-order valence-corrected chi connectivity index (χ1v) is 11.5. The normalized spacial score (nSPS) is 21.3. The highest BCUT2D eigenvalue weighted by Gasteiger charge is 2.29. The molecule has 172 valence electrons. The second kappa shape index (κ2) is 9.45. The lowest BCUT2D eigenvalue weighted by Gasteiger charge is -2.32. The highest BCUT2D eigenvalue weighted by atomic mass is 19.1. The van der Waals surface area contributed by atoms with E-state index in [9.17, 15) is 14.3 Å². The zero-order chi connectivity index (χ0) is 22.8. The number of anilines is 1. The molecule has 3 aromatic rings. The fourth-order valence-corrected chi connectivity index (χ4v) is 4.80. The molecule has 0 radical (unpaired) electrons. The first-order chi connectivity index (χ1) is 16.1. The third kappa shape index (κ3) is 4.70. The van der Waals surface area contributed by atoms with E-state index in [1.165, 1.54) is 12.1 Å². The Hall–Kier alpha value is -3.03. The number of ether oxygens (including phenoxy) is 2. The number of halogens is 1. The first-order valence-electron chi connectivity index (χ1n) is 11.5. The number of fused-ring (bicyclic) bond motifs is 1. The Morgan fingerprint density at radius 3 is 2.61 bits per heavy atom. The van der Waals surface area contributed by atoms with E-state index in [1.54, 1.807) is 12.1 Å². The van der Waals surface area contributed by atoms with E-state index in [-0.39, 0.29) is 24.3 Å². The van der Waals surface area contributed by atoms with Crippen molar-refractivity contribution < 1.29 is 23.8 Å². The molecule has 2 aliphatic rings. The highest BCUT2D eigenvalue weighted by Crippen LogP contribution is 2.38. The van der Waals surface area contributed by atoms with Crippen LogP contribution in [0.5, 0.6) is 0 Å². The van der Waals surface area contributed by atoms with E-state index < -0.39 is 6.10 Å². The summed E-state index contributed by atoms with van der Waals surface area (Å²) in [4.78, 5) is 19.1. The van der Waals surface area contributed by atoms with Crippen LogP contribution in [-0.4, -0.2) is 54.6 Å². The summed E-state index contributed by atoms with van der Waals surface area (Å²) in [5.74, 6) is 0.247. The molecule has 7 heteroatoms. The van der Waals surface area contributed by atoms with Crippen molar-refractivity contribution in [2.45, 2.75) is 37.9 Å². The van der Waals surface area contributed by atoms with Gasteiger partial charge in [0.05, 0.1) is 31.3 Å². The van der Waals surface area contributed by atoms with Crippen LogP contribution in [0.1, 0.15) is 24.8 Å². The summed E-state index contributed by atoms with van der Waals surface area (Å²) in [5, 5.41) is 11.0. The van der Waals surface area contributed by atoms with E-state index in [2.05, 4.69) is 4.90 Å². The Morgan fingerprint density at radius 2 is 1.85 bits per heavy atom. The van der Waals surface area contributed by atoms with E-state index in [0.717, 1.165) is 46.5 Å². The van der Waals surface area contributed by atoms with Gasteiger partial charge in [-0.3, -0.25) is 4.79 Å². The van der Waals surface area contributed by atoms with Crippen LogP contribution in [0, 0.1) is 5.82 Å². The summed E-state index contributed by atoms with van der Waals surface area (Å²) in [5.41, 5.74) is 3.85. The molecule has 0 aliphatic carbocycles. The number of carbonyl (C=O) groups excluding carboxylic acids is 1. The van der Waals surface area contributed by atoms with Crippen LogP contribution in [0.25, 0.3) is 22.0 Å². The SMILES string of the molecule is O=C1CC(O)CC(CCc2c(N3CCOCC3)nc3ccccc3c2-c2ccc(F)cc2)O1. The van der Waals surface area contributed by atoms with Gasteiger partial charge >= 0.3 is 5.97 Å². The van der Waals surface area contributed by atoms with Gasteiger partial charge in [-0.25, -0.2) is 9.37 Å². The maximum absolute atomic E-state index is 13.7. The monoisotopic (exact) mass is 450 g/mol. The van der Waals surface area contributed by atoms with Crippen LogP contribution in [0.15, 0.2) is 48.5 Å². The number of aliphatic hydroxyl groups is 1. The van der Waals surface area contributed by atoms with Gasteiger partial charge in [0.1, 0.15) is 17.7 Å². The zero-order valence-corrected chi connectivity index (χ0v) is 18.4. The molecular formula is C26H27FN2O4. The van der Waals surface area contributed by atoms with Crippen LogP contribution in [0.2, 0.25) is 0 Å². The first kappa shape index (κ1) is 21.8. The van der Waals surface area contributed by atoms with Crippen molar-refractivity contribution in [1.29, 1.82) is 0 Å². The number of esters is 1. The molecule has 2 aliphatic heterocycles. The Morgan fingerprint density at radius 1 is 1.09 bits per heavy atom. The van der Waals surface area contributed by atoms with Gasteiger partial charge in [-0.2, -0.15) is 0 Å². The van der Waals surface area contributed by atoms with Crippen LogP contribution < -0.4 is 4.90 Å². The summed E-state index contributed by atoms with van der Waals surface area (Å²) in [7, 11) is 0. The lowest BCUT2D eigenvalue weighted by Crippen LogP contribution is -2.37. The molecular weight excluding hydrogens is 423 g/mol. The van der Waals surface area contributed by atoms with E-state index >= 15 is 0 Å². The van der Waals surface area contributed by atoms with Crippen molar-refractivity contribution in [3.8, 4) is 11.1 Å². The largest absolute Gasteiger partial charge is 0.462 e. The molecule has 1 aromatic heterocycles. The number of aromatic nitrogens is 1. The molecule has 0 bridgehead atoms.